The monoisotopic (exact) mass is 284 g/mol. The van der Waals surface area contributed by atoms with Crippen LogP contribution in [-0.4, -0.2) is 6.04 Å². The van der Waals surface area contributed by atoms with Crippen molar-refractivity contribution in [3.8, 4) is 0 Å². The van der Waals surface area contributed by atoms with Gasteiger partial charge in [0.05, 0.1) is 0 Å². The van der Waals surface area contributed by atoms with Gasteiger partial charge in [-0.1, -0.05) is 41.8 Å². The summed E-state index contributed by atoms with van der Waals surface area (Å²) >= 11 is 3.41. The van der Waals surface area contributed by atoms with Crippen LogP contribution in [0.5, 0.6) is 0 Å². The van der Waals surface area contributed by atoms with Crippen molar-refractivity contribution in [1.29, 1.82) is 0 Å². The van der Waals surface area contributed by atoms with Gasteiger partial charge in [0.25, 0.3) is 0 Å². The summed E-state index contributed by atoms with van der Waals surface area (Å²) in [6, 6.07) is 6.61. The van der Waals surface area contributed by atoms with Crippen molar-refractivity contribution in [2.24, 2.45) is 0 Å². The first-order valence-electron chi connectivity index (χ1n) is 5.90. The summed E-state index contributed by atoms with van der Waals surface area (Å²) in [5, 5.41) is 3.50. The average Bonchev–Trinajstić information content (AvgIpc) is 2.25. The topological polar surface area (TPSA) is 38.0 Å². The second-order valence-electron chi connectivity index (χ2n) is 4.27. The van der Waals surface area contributed by atoms with Gasteiger partial charge in [0, 0.05) is 22.7 Å². The lowest BCUT2D eigenvalue weighted by molar-refractivity contribution is 0.495. The standard InChI is InChI=1S/C13H21BrN2/c1-3-4-5-10(2)16-9-11-6-7-12(14)8-13(11)15/h6-8,10,16H,3-5,9,15H2,1-2H3. The minimum Gasteiger partial charge on any atom is -0.398 e. The number of hydrogen-bond acceptors (Lipinski definition) is 2. The molecular weight excluding hydrogens is 264 g/mol. The Morgan fingerprint density at radius 2 is 2.19 bits per heavy atom. The maximum Gasteiger partial charge on any atom is 0.0370 e. The van der Waals surface area contributed by atoms with Gasteiger partial charge in [0.1, 0.15) is 0 Å². The summed E-state index contributed by atoms with van der Waals surface area (Å²) in [6.45, 7) is 5.30. The molecule has 1 unspecified atom stereocenters. The van der Waals surface area contributed by atoms with Crippen LogP contribution in [0.25, 0.3) is 0 Å². The van der Waals surface area contributed by atoms with E-state index in [0.717, 1.165) is 16.7 Å². The first kappa shape index (κ1) is 13.5. The lowest BCUT2D eigenvalue weighted by Gasteiger charge is -2.14. The molecule has 0 heterocycles. The molecule has 0 aliphatic carbocycles. The van der Waals surface area contributed by atoms with Crippen molar-refractivity contribution < 1.29 is 0 Å². The molecule has 0 radical (unpaired) electrons. The zero-order valence-corrected chi connectivity index (χ0v) is 11.7. The van der Waals surface area contributed by atoms with E-state index in [-0.39, 0.29) is 0 Å². The smallest absolute Gasteiger partial charge is 0.0370 e. The molecular formula is C13H21BrN2. The maximum atomic E-state index is 5.94. The Labute approximate surface area is 107 Å². The van der Waals surface area contributed by atoms with Gasteiger partial charge in [-0.15, -0.1) is 0 Å². The van der Waals surface area contributed by atoms with E-state index in [1.165, 1.54) is 24.8 Å². The van der Waals surface area contributed by atoms with Gasteiger partial charge in [-0.3, -0.25) is 0 Å². The second-order valence-corrected chi connectivity index (χ2v) is 5.18. The molecule has 0 aliphatic heterocycles. The van der Waals surface area contributed by atoms with E-state index < -0.39 is 0 Å². The van der Waals surface area contributed by atoms with E-state index in [9.17, 15) is 0 Å². The number of benzene rings is 1. The Kier molecular flexibility index (Phi) is 5.85. The summed E-state index contributed by atoms with van der Waals surface area (Å²) in [7, 11) is 0. The van der Waals surface area contributed by atoms with Crippen LogP contribution in [0.4, 0.5) is 5.69 Å². The van der Waals surface area contributed by atoms with Crippen molar-refractivity contribution in [3.05, 3.63) is 28.2 Å². The average molecular weight is 285 g/mol. The molecule has 1 atom stereocenters. The van der Waals surface area contributed by atoms with Gasteiger partial charge in [-0.25, -0.2) is 0 Å². The molecule has 16 heavy (non-hydrogen) atoms. The highest BCUT2D eigenvalue weighted by Gasteiger charge is 2.03. The Hall–Kier alpha value is -0.540. The molecule has 1 aromatic carbocycles. The minimum atomic E-state index is 0.558. The number of unbranched alkanes of at least 4 members (excludes halogenated alkanes) is 1. The van der Waals surface area contributed by atoms with Gasteiger partial charge in [0.15, 0.2) is 0 Å². The largest absolute Gasteiger partial charge is 0.398 e. The molecule has 90 valence electrons. The normalized spacial score (nSPS) is 12.7. The van der Waals surface area contributed by atoms with E-state index in [1.54, 1.807) is 0 Å². The fraction of sp³-hybridized carbons (Fsp3) is 0.538. The van der Waals surface area contributed by atoms with E-state index >= 15 is 0 Å². The third-order valence-electron chi connectivity index (χ3n) is 2.74. The predicted molar refractivity (Wildman–Crippen MR) is 74.4 cm³/mol. The fourth-order valence-corrected chi connectivity index (χ4v) is 2.00. The number of hydrogen-bond donors (Lipinski definition) is 2. The third-order valence-corrected chi connectivity index (χ3v) is 3.23. The molecule has 3 heteroatoms. The SMILES string of the molecule is CCCCC(C)NCc1ccc(Br)cc1N. The first-order valence-corrected chi connectivity index (χ1v) is 6.70. The molecule has 0 amide bonds. The van der Waals surface area contributed by atoms with Crippen LogP contribution in [0.3, 0.4) is 0 Å². The highest BCUT2D eigenvalue weighted by molar-refractivity contribution is 9.10. The number of anilines is 1. The quantitative estimate of drug-likeness (QED) is 0.782. The van der Waals surface area contributed by atoms with Crippen molar-refractivity contribution in [1.82, 2.24) is 5.32 Å². The van der Waals surface area contributed by atoms with E-state index in [1.807, 2.05) is 12.1 Å². The fourth-order valence-electron chi connectivity index (χ4n) is 1.62. The molecule has 1 aromatic rings. The van der Waals surface area contributed by atoms with Crippen LogP contribution in [-0.2, 0) is 6.54 Å². The van der Waals surface area contributed by atoms with Crippen molar-refractivity contribution in [2.45, 2.75) is 45.7 Å². The van der Waals surface area contributed by atoms with Gasteiger partial charge in [-0.2, -0.15) is 0 Å². The van der Waals surface area contributed by atoms with Crippen LogP contribution in [0, 0.1) is 0 Å². The van der Waals surface area contributed by atoms with Crippen LogP contribution in [0.15, 0.2) is 22.7 Å². The van der Waals surface area contributed by atoms with Crippen LogP contribution < -0.4 is 11.1 Å². The summed E-state index contributed by atoms with van der Waals surface area (Å²) in [6.07, 6.45) is 3.77. The molecule has 0 aliphatic rings. The van der Waals surface area contributed by atoms with Crippen LogP contribution >= 0.6 is 15.9 Å². The Bertz CT molecular complexity index is 326. The number of nitrogen functional groups attached to an aromatic ring is 1. The van der Waals surface area contributed by atoms with Gasteiger partial charge in [-0.05, 0) is 31.0 Å². The van der Waals surface area contributed by atoms with E-state index in [2.05, 4.69) is 41.2 Å². The zero-order chi connectivity index (χ0) is 12.0. The number of halogens is 1. The summed E-state index contributed by atoms with van der Waals surface area (Å²) in [5.74, 6) is 0. The van der Waals surface area contributed by atoms with Gasteiger partial charge < -0.3 is 11.1 Å². The molecule has 2 nitrogen and oxygen atoms in total. The van der Waals surface area contributed by atoms with E-state index in [4.69, 9.17) is 5.73 Å². The highest BCUT2D eigenvalue weighted by Crippen LogP contribution is 2.18. The van der Waals surface area contributed by atoms with Crippen LogP contribution in [0.2, 0.25) is 0 Å². The second kappa shape index (κ2) is 6.92. The molecule has 0 saturated carbocycles. The Balaban J connectivity index is 2.42. The predicted octanol–water partition coefficient (Wildman–Crippen LogP) is 3.70. The van der Waals surface area contributed by atoms with Crippen molar-refractivity contribution in [3.63, 3.8) is 0 Å². The minimum absolute atomic E-state index is 0.558. The maximum absolute atomic E-state index is 5.94. The molecule has 3 N–H and O–H groups in total. The van der Waals surface area contributed by atoms with Crippen molar-refractivity contribution >= 4 is 21.6 Å². The molecule has 0 spiro atoms. The lowest BCUT2D eigenvalue weighted by atomic mass is 10.1. The summed E-state index contributed by atoms with van der Waals surface area (Å²) in [5.41, 5.74) is 7.96. The Morgan fingerprint density at radius 1 is 1.44 bits per heavy atom. The summed E-state index contributed by atoms with van der Waals surface area (Å²) in [4.78, 5) is 0. The molecule has 0 saturated heterocycles. The zero-order valence-electron chi connectivity index (χ0n) is 10.1. The highest BCUT2D eigenvalue weighted by atomic mass is 79.9. The van der Waals surface area contributed by atoms with Crippen LogP contribution in [0.1, 0.15) is 38.7 Å². The molecule has 0 bridgehead atoms. The summed E-state index contributed by atoms with van der Waals surface area (Å²) < 4.78 is 1.03. The van der Waals surface area contributed by atoms with E-state index in [0.29, 0.717) is 6.04 Å². The third kappa shape index (κ3) is 4.54. The van der Waals surface area contributed by atoms with Crippen molar-refractivity contribution in [2.75, 3.05) is 5.73 Å². The number of nitrogens with one attached hydrogen (secondary N) is 1. The van der Waals surface area contributed by atoms with Gasteiger partial charge in [0.2, 0.25) is 0 Å². The molecule has 0 aromatic heterocycles. The Morgan fingerprint density at radius 3 is 2.81 bits per heavy atom. The number of rotatable bonds is 6. The molecule has 1 rings (SSSR count). The molecule has 0 fully saturated rings. The first-order chi connectivity index (χ1) is 7.63. The lowest BCUT2D eigenvalue weighted by Crippen LogP contribution is -2.25. The van der Waals surface area contributed by atoms with Gasteiger partial charge >= 0.3 is 0 Å². The number of nitrogens with two attached hydrogens (primary N) is 1.